The number of carbonyl (C=O) groups excluding carboxylic acids is 2. The van der Waals surface area contributed by atoms with Crippen molar-refractivity contribution in [1.29, 1.82) is 0 Å². The number of rotatable bonds is 4. The van der Waals surface area contributed by atoms with Crippen LogP contribution in [-0.2, 0) is 22.6 Å². The Labute approximate surface area is 196 Å². The Balaban J connectivity index is 1.54. The van der Waals surface area contributed by atoms with Crippen LogP contribution in [0.5, 0.6) is 5.75 Å². The molecule has 0 aromatic heterocycles. The summed E-state index contributed by atoms with van der Waals surface area (Å²) in [4.78, 5) is 31.5. The predicted molar refractivity (Wildman–Crippen MR) is 128 cm³/mol. The van der Waals surface area contributed by atoms with Gasteiger partial charge in [-0.1, -0.05) is 68.5 Å². The van der Waals surface area contributed by atoms with Crippen molar-refractivity contribution in [3.8, 4) is 5.75 Å². The summed E-state index contributed by atoms with van der Waals surface area (Å²) in [6.45, 7) is 1.40. The molecule has 172 valence electrons. The first kappa shape index (κ1) is 21.7. The third kappa shape index (κ3) is 4.17. The Bertz CT molecular complexity index is 1060. The van der Waals surface area contributed by atoms with Crippen LogP contribution in [0.4, 0.5) is 0 Å². The van der Waals surface area contributed by atoms with Gasteiger partial charge in [0.1, 0.15) is 11.4 Å². The molecular weight excluding hydrogens is 412 g/mol. The fourth-order valence-electron chi connectivity index (χ4n) is 5.56. The van der Waals surface area contributed by atoms with Crippen molar-refractivity contribution in [1.82, 2.24) is 9.80 Å². The highest BCUT2D eigenvalue weighted by Gasteiger charge is 2.45. The lowest BCUT2D eigenvalue weighted by Crippen LogP contribution is -2.43. The molecule has 2 aromatic carbocycles. The summed E-state index contributed by atoms with van der Waals surface area (Å²) < 4.78 is 5.32. The molecule has 1 aliphatic carbocycles. The first-order valence-electron chi connectivity index (χ1n) is 12.3. The van der Waals surface area contributed by atoms with Gasteiger partial charge in [0.25, 0.3) is 11.8 Å². The molecule has 0 N–H and O–H groups in total. The number of imide groups is 1. The molecule has 2 aromatic rings. The number of fused-ring (bicyclic) bond motifs is 1. The number of benzene rings is 2. The summed E-state index contributed by atoms with van der Waals surface area (Å²) >= 11 is 0. The fraction of sp³-hybridized carbons (Fsp3) is 0.429. The number of hydrogen-bond acceptors (Lipinski definition) is 4. The van der Waals surface area contributed by atoms with Crippen molar-refractivity contribution in [2.75, 3.05) is 13.7 Å². The quantitative estimate of drug-likeness (QED) is 0.627. The zero-order valence-corrected chi connectivity index (χ0v) is 19.4. The van der Waals surface area contributed by atoms with Gasteiger partial charge in [0, 0.05) is 19.1 Å². The first-order valence-corrected chi connectivity index (χ1v) is 12.3. The zero-order valence-electron chi connectivity index (χ0n) is 19.4. The highest BCUT2D eigenvalue weighted by atomic mass is 16.5. The van der Waals surface area contributed by atoms with Gasteiger partial charge in [-0.15, -0.1) is 0 Å². The molecule has 1 fully saturated rings. The molecule has 2 aliphatic heterocycles. The van der Waals surface area contributed by atoms with Crippen molar-refractivity contribution >= 4 is 17.4 Å². The Morgan fingerprint density at radius 3 is 2.18 bits per heavy atom. The molecule has 2 amide bonds. The number of carbonyl (C=O) groups is 2. The molecule has 1 saturated carbocycles. The van der Waals surface area contributed by atoms with E-state index in [0.29, 0.717) is 17.8 Å². The van der Waals surface area contributed by atoms with Crippen LogP contribution in [0.1, 0.15) is 61.6 Å². The van der Waals surface area contributed by atoms with Crippen molar-refractivity contribution in [3.63, 3.8) is 0 Å². The maximum atomic E-state index is 13.9. The standard InChI is InChI=1S/C28H32N2O3/c1-33-24-15-13-21(14-16-24)25-26(29-18-17-20-9-7-8-10-22(20)19-29)28(32)30(27(25)31)23-11-5-3-2-4-6-12-23/h7-10,13-16,23H,2-6,11-12,17-19H2,1H3. The molecule has 0 spiro atoms. The van der Waals surface area contributed by atoms with Crippen LogP contribution < -0.4 is 4.74 Å². The van der Waals surface area contributed by atoms with E-state index in [-0.39, 0.29) is 17.9 Å². The van der Waals surface area contributed by atoms with Gasteiger partial charge in [-0.3, -0.25) is 14.5 Å². The minimum atomic E-state index is -0.135. The number of hydrogen-bond donors (Lipinski definition) is 0. The van der Waals surface area contributed by atoms with Crippen LogP contribution in [0.25, 0.3) is 5.57 Å². The third-order valence-corrected chi connectivity index (χ3v) is 7.36. The molecule has 0 saturated heterocycles. The smallest absolute Gasteiger partial charge is 0.278 e. The Morgan fingerprint density at radius 2 is 1.48 bits per heavy atom. The van der Waals surface area contributed by atoms with E-state index in [0.717, 1.165) is 50.0 Å². The van der Waals surface area contributed by atoms with E-state index in [2.05, 4.69) is 23.1 Å². The van der Waals surface area contributed by atoms with Gasteiger partial charge < -0.3 is 9.64 Å². The fourth-order valence-corrected chi connectivity index (χ4v) is 5.56. The average Bonchev–Trinajstić information content (AvgIpc) is 3.09. The number of nitrogens with zero attached hydrogens (tertiary/aromatic N) is 2. The topological polar surface area (TPSA) is 49.9 Å². The summed E-state index contributed by atoms with van der Waals surface area (Å²) in [5.41, 5.74) is 4.46. The summed E-state index contributed by atoms with van der Waals surface area (Å²) in [5.74, 6) is 0.488. The molecule has 3 aliphatic rings. The number of methoxy groups -OCH3 is 1. The largest absolute Gasteiger partial charge is 0.497 e. The van der Waals surface area contributed by atoms with Gasteiger partial charge in [0.2, 0.25) is 0 Å². The van der Waals surface area contributed by atoms with Crippen molar-refractivity contribution < 1.29 is 14.3 Å². The van der Waals surface area contributed by atoms with Gasteiger partial charge in [-0.05, 0) is 48.1 Å². The Hall–Kier alpha value is -3.08. The van der Waals surface area contributed by atoms with Crippen molar-refractivity contribution in [3.05, 3.63) is 70.9 Å². The highest BCUT2D eigenvalue weighted by Crippen LogP contribution is 2.37. The minimum absolute atomic E-state index is 0.00637. The molecule has 0 unspecified atom stereocenters. The molecule has 0 atom stereocenters. The Kier molecular flexibility index (Phi) is 6.21. The first-order chi connectivity index (χ1) is 16.2. The summed E-state index contributed by atoms with van der Waals surface area (Å²) in [7, 11) is 1.63. The Morgan fingerprint density at radius 1 is 0.818 bits per heavy atom. The molecule has 5 rings (SSSR count). The average molecular weight is 445 g/mol. The number of ether oxygens (including phenoxy) is 1. The van der Waals surface area contributed by atoms with Crippen molar-refractivity contribution in [2.45, 2.75) is 64.0 Å². The van der Waals surface area contributed by atoms with Crippen LogP contribution in [-0.4, -0.2) is 41.3 Å². The summed E-state index contributed by atoms with van der Waals surface area (Å²) in [6, 6.07) is 15.9. The third-order valence-electron chi connectivity index (χ3n) is 7.36. The maximum Gasteiger partial charge on any atom is 0.278 e. The second-order valence-corrected chi connectivity index (χ2v) is 9.37. The van der Waals surface area contributed by atoms with E-state index in [9.17, 15) is 9.59 Å². The van der Waals surface area contributed by atoms with Crippen LogP contribution in [0.2, 0.25) is 0 Å². The van der Waals surface area contributed by atoms with Gasteiger partial charge in [0.05, 0.1) is 12.7 Å². The van der Waals surface area contributed by atoms with Crippen LogP contribution >= 0.6 is 0 Å². The van der Waals surface area contributed by atoms with Gasteiger partial charge in [-0.25, -0.2) is 0 Å². The highest BCUT2D eigenvalue weighted by molar-refractivity contribution is 6.35. The second kappa shape index (κ2) is 9.42. The SMILES string of the molecule is COc1ccc(C2=C(N3CCc4ccccc4C3)C(=O)N(C3CCCCCCC3)C2=O)cc1. The second-order valence-electron chi connectivity index (χ2n) is 9.37. The van der Waals surface area contributed by atoms with E-state index in [4.69, 9.17) is 4.74 Å². The van der Waals surface area contributed by atoms with Crippen LogP contribution in [0.15, 0.2) is 54.2 Å². The predicted octanol–water partition coefficient (Wildman–Crippen LogP) is 4.95. The molecule has 33 heavy (non-hydrogen) atoms. The lowest BCUT2D eigenvalue weighted by Gasteiger charge is -2.33. The summed E-state index contributed by atoms with van der Waals surface area (Å²) in [6.07, 6.45) is 8.45. The lowest BCUT2D eigenvalue weighted by molar-refractivity contribution is -0.140. The van der Waals surface area contributed by atoms with E-state index in [1.165, 1.54) is 30.4 Å². The number of amides is 2. The summed E-state index contributed by atoms with van der Waals surface area (Å²) in [5, 5.41) is 0. The molecular formula is C28H32N2O3. The molecule has 0 radical (unpaired) electrons. The minimum Gasteiger partial charge on any atom is -0.497 e. The van der Waals surface area contributed by atoms with E-state index in [1.54, 1.807) is 12.0 Å². The zero-order chi connectivity index (χ0) is 22.8. The van der Waals surface area contributed by atoms with E-state index < -0.39 is 0 Å². The molecule has 2 heterocycles. The van der Waals surface area contributed by atoms with Gasteiger partial charge in [0.15, 0.2) is 0 Å². The monoisotopic (exact) mass is 444 g/mol. The normalized spacial score (nSPS) is 20.0. The molecule has 5 nitrogen and oxygen atoms in total. The van der Waals surface area contributed by atoms with E-state index in [1.807, 2.05) is 30.3 Å². The van der Waals surface area contributed by atoms with Gasteiger partial charge in [-0.2, -0.15) is 0 Å². The van der Waals surface area contributed by atoms with Crippen LogP contribution in [0, 0.1) is 0 Å². The molecule has 0 bridgehead atoms. The van der Waals surface area contributed by atoms with Crippen LogP contribution in [0.3, 0.4) is 0 Å². The lowest BCUT2D eigenvalue weighted by atomic mass is 9.95. The van der Waals surface area contributed by atoms with Gasteiger partial charge >= 0.3 is 0 Å². The van der Waals surface area contributed by atoms with E-state index >= 15 is 0 Å². The maximum absolute atomic E-state index is 13.9. The van der Waals surface area contributed by atoms with Crippen molar-refractivity contribution in [2.24, 2.45) is 0 Å². The molecule has 5 heteroatoms.